The zero-order chi connectivity index (χ0) is 14.3. The highest BCUT2D eigenvalue weighted by molar-refractivity contribution is 5.81. The second kappa shape index (κ2) is 4.63. The Hall–Kier alpha value is -2.36. The first-order valence-corrected chi connectivity index (χ1v) is 6.71. The van der Waals surface area contributed by atoms with E-state index in [9.17, 15) is 4.79 Å². The Labute approximate surface area is 117 Å². The van der Waals surface area contributed by atoms with Crippen molar-refractivity contribution in [3.63, 3.8) is 0 Å². The monoisotopic (exact) mass is 267 g/mol. The molecule has 2 heterocycles. The summed E-state index contributed by atoms with van der Waals surface area (Å²) in [5, 5.41) is 0.688. The van der Waals surface area contributed by atoms with Crippen LogP contribution in [0.2, 0.25) is 0 Å². The van der Waals surface area contributed by atoms with Gasteiger partial charge in [0.2, 0.25) is 0 Å². The van der Waals surface area contributed by atoms with E-state index in [1.807, 2.05) is 32.0 Å². The van der Waals surface area contributed by atoms with E-state index in [2.05, 4.69) is 33.6 Å². The lowest BCUT2D eigenvalue weighted by molar-refractivity contribution is 0.639. The molecule has 20 heavy (non-hydrogen) atoms. The van der Waals surface area contributed by atoms with Gasteiger partial charge in [-0.05, 0) is 31.9 Å². The summed E-state index contributed by atoms with van der Waals surface area (Å²) in [6, 6.07) is 10.4. The summed E-state index contributed by atoms with van der Waals surface area (Å²) in [4.78, 5) is 19.0. The Morgan fingerprint density at radius 3 is 2.60 bits per heavy atom. The summed E-state index contributed by atoms with van der Waals surface area (Å²) in [6.07, 6.45) is 1.47. The molecule has 0 bridgehead atoms. The first kappa shape index (κ1) is 12.7. The van der Waals surface area contributed by atoms with Crippen LogP contribution < -0.4 is 5.56 Å². The summed E-state index contributed by atoms with van der Waals surface area (Å²) >= 11 is 0. The molecule has 102 valence electrons. The Bertz CT molecular complexity index is 815. The summed E-state index contributed by atoms with van der Waals surface area (Å²) in [7, 11) is 0. The molecular weight excluding hydrogens is 250 g/mol. The number of nitrogens with zero attached hydrogens (tertiary/aromatic N) is 2. The molecule has 0 aliphatic carbocycles. The van der Waals surface area contributed by atoms with Crippen LogP contribution in [0.5, 0.6) is 0 Å². The second-order valence-corrected chi connectivity index (χ2v) is 5.10. The van der Waals surface area contributed by atoms with Crippen molar-refractivity contribution in [3.05, 3.63) is 63.8 Å². The molecule has 4 heteroatoms. The maximum atomic E-state index is 12.0. The number of H-pyrrole nitrogens is 1. The lowest BCUT2D eigenvalue weighted by atomic mass is 10.1. The number of aromatic nitrogens is 3. The van der Waals surface area contributed by atoms with Gasteiger partial charge < -0.3 is 9.55 Å². The summed E-state index contributed by atoms with van der Waals surface area (Å²) < 4.78 is 2.13. The van der Waals surface area contributed by atoms with Crippen LogP contribution in [0.1, 0.15) is 29.8 Å². The SMILES string of the molecule is Cc1c(C)n(C(C)c2ccccc2)c2nc[nH]c(=O)c12. The minimum Gasteiger partial charge on any atom is -0.322 e. The van der Waals surface area contributed by atoms with Gasteiger partial charge in [0.05, 0.1) is 17.8 Å². The third-order valence-electron chi connectivity index (χ3n) is 4.01. The average molecular weight is 267 g/mol. The topological polar surface area (TPSA) is 50.7 Å². The van der Waals surface area contributed by atoms with Crippen LogP contribution in [0.3, 0.4) is 0 Å². The van der Waals surface area contributed by atoms with E-state index in [4.69, 9.17) is 0 Å². The molecule has 0 radical (unpaired) electrons. The van der Waals surface area contributed by atoms with Crippen molar-refractivity contribution in [2.75, 3.05) is 0 Å². The number of aryl methyl sites for hydroxylation is 1. The Kier molecular flexibility index (Phi) is 2.93. The molecule has 4 nitrogen and oxygen atoms in total. The van der Waals surface area contributed by atoms with Gasteiger partial charge in [0.25, 0.3) is 5.56 Å². The fourth-order valence-corrected chi connectivity index (χ4v) is 2.79. The van der Waals surface area contributed by atoms with Gasteiger partial charge in [0.15, 0.2) is 0 Å². The molecule has 1 unspecified atom stereocenters. The highest BCUT2D eigenvalue weighted by Gasteiger charge is 2.19. The molecule has 0 saturated carbocycles. The molecule has 1 atom stereocenters. The smallest absolute Gasteiger partial charge is 0.260 e. The highest BCUT2D eigenvalue weighted by atomic mass is 16.1. The number of nitrogens with one attached hydrogen (secondary N) is 1. The van der Waals surface area contributed by atoms with Crippen molar-refractivity contribution >= 4 is 11.0 Å². The van der Waals surface area contributed by atoms with E-state index in [1.165, 1.54) is 11.9 Å². The third-order valence-corrected chi connectivity index (χ3v) is 4.01. The minimum absolute atomic E-state index is 0.0744. The molecule has 3 aromatic rings. The molecule has 2 aromatic heterocycles. The molecule has 0 spiro atoms. The molecule has 0 saturated heterocycles. The lowest BCUT2D eigenvalue weighted by Gasteiger charge is -2.17. The first-order valence-electron chi connectivity index (χ1n) is 6.71. The van der Waals surface area contributed by atoms with E-state index in [-0.39, 0.29) is 11.6 Å². The molecule has 0 aliphatic rings. The lowest BCUT2D eigenvalue weighted by Crippen LogP contribution is -2.11. The van der Waals surface area contributed by atoms with E-state index >= 15 is 0 Å². The fraction of sp³-hybridized carbons (Fsp3) is 0.250. The molecule has 0 fully saturated rings. The number of benzene rings is 1. The van der Waals surface area contributed by atoms with Gasteiger partial charge in [-0.15, -0.1) is 0 Å². The molecular formula is C16H17N3O. The number of rotatable bonds is 2. The van der Waals surface area contributed by atoms with E-state index < -0.39 is 0 Å². The first-order chi connectivity index (χ1) is 9.61. The molecule has 0 amide bonds. The average Bonchev–Trinajstić information content (AvgIpc) is 2.72. The quantitative estimate of drug-likeness (QED) is 0.776. The van der Waals surface area contributed by atoms with Crippen LogP contribution in [0.15, 0.2) is 41.5 Å². The van der Waals surface area contributed by atoms with Gasteiger partial charge in [0, 0.05) is 5.69 Å². The second-order valence-electron chi connectivity index (χ2n) is 5.10. The predicted molar refractivity (Wildman–Crippen MR) is 80.1 cm³/mol. The number of fused-ring (bicyclic) bond motifs is 1. The van der Waals surface area contributed by atoms with Crippen molar-refractivity contribution in [1.82, 2.24) is 14.5 Å². The van der Waals surface area contributed by atoms with Crippen LogP contribution in [-0.4, -0.2) is 14.5 Å². The van der Waals surface area contributed by atoms with Gasteiger partial charge in [0.1, 0.15) is 5.65 Å². The van der Waals surface area contributed by atoms with Gasteiger partial charge in [-0.2, -0.15) is 0 Å². The normalized spacial score (nSPS) is 12.8. The molecule has 0 aliphatic heterocycles. The zero-order valence-corrected chi connectivity index (χ0v) is 11.8. The van der Waals surface area contributed by atoms with Crippen LogP contribution >= 0.6 is 0 Å². The van der Waals surface area contributed by atoms with Crippen LogP contribution in [-0.2, 0) is 0 Å². The van der Waals surface area contributed by atoms with E-state index in [1.54, 1.807) is 0 Å². The number of hydrogen-bond acceptors (Lipinski definition) is 2. The Morgan fingerprint density at radius 2 is 1.90 bits per heavy atom. The Morgan fingerprint density at radius 1 is 1.20 bits per heavy atom. The van der Waals surface area contributed by atoms with Crippen LogP contribution in [0.4, 0.5) is 0 Å². The van der Waals surface area contributed by atoms with Crippen molar-refractivity contribution in [2.45, 2.75) is 26.8 Å². The fourth-order valence-electron chi connectivity index (χ4n) is 2.79. The van der Waals surface area contributed by atoms with Gasteiger partial charge in [-0.3, -0.25) is 4.79 Å². The zero-order valence-electron chi connectivity index (χ0n) is 11.8. The van der Waals surface area contributed by atoms with Crippen molar-refractivity contribution in [2.24, 2.45) is 0 Å². The minimum atomic E-state index is -0.0744. The van der Waals surface area contributed by atoms with Gasteiger partial charge >= 0.3 is 0 Å². The number of hydrogen-bond donors (Lipinski definition) is 1. The highest BCUT2D eigenvalue weighted by Crippen LogP contribution is 2.28. The van der Waals surface area contributed by atoms with Crippen LogP contribution in [0.25, 0.3) is 11.0 Å². The maximum Gasteiger partial charge on any atom is 0.260 e. The third kappa shape index (κ3) is 1.76. The largest absolute Gasteiger partial charge is 0.322 e. The summed E-state index contributed by atoms with van der Waals surface area (Å²) in [5.74, 6) is 0. The van der Waals surface area contributed by atoms with Crippen LogP contribution in [0, 0.1) is 13.8 Å². The molecule has 1 aromatic carbocycles. The van der Waals surface area contributed by atoms with E-state index in [0.29, 0.717) is 5.39 Å². The van der Waals surface area contributed by atoms with Crippen molar-refractivity contribution in [3.8, 4) is 0 Å². The Balaban J connectivity index is 2.30. The van der Waals surface area contributed by atoms with Gasteiger partial charge in [-0.1, -0.05) is 30.3 Å². The molecule has 1 N–H and O–H groups in total. The maximum absolute atomic E-state index is 12.0. The molecule has 3 rings (SSSR count). The predicted octanol–water partition coefficient (Wildman–Crippen LogP) is 2.95. The number of aromatic amines is 1. The summed E-state index contributed by atoms with van der Waals surface area (Å²) in [5.41, 5.74) is 3.96. The van der Waals surface area contributed by atoms with Gasteiger partial charge in [-0.25, -0.2) is 4.98 Å². The summed E-state index contributed by atoms with van der Waals surface area (Å²) in [6.45, 7) is 6.14. The van der Waals surface area contributed by atoms with E-state index in [0.717, 1.165) is 16.9 Å². The van der Waals surface area contributed by atoms with Crippen molar-refractivity contribution < 1.29 is 0 Å². The standard InChI is InChI=1S/C16H17N3O/c1-10-11(2)19(12(3)13-7-5-4-6-8-13)15-14(10)16(20)18-9-17-15/h4-9,12H,1-3H3,(H,17,18,20). The van der Waals surface area contributed by atoms with Crippen molar-refractivity contribution in [1.29, 1.82) is 0 Å².